The third kappa shape index (κ3) is 3.39. The zero-order chi connectivity index (χ0) is 15.4. The second-order valence-corrected chi connectivity index (χ2v) is 6.38. The van der Waals surface area contributed by atoms with Crippen molar-refractivity contribution < 1.29 is 0 Å². The molecule has 0 radical (unpaired) electrons. The first-order chi connectivity index (χ1) is 10.7. The molecule has 2 heterocycles. The fraction of sp³-hybridized carbons (Fsp3) is 0.222. The first-order valence-electron chi connectivity index (χ1n) is 7.40. The summed E-state index contributed by atoms with van der Waals surface area (Å²) in [5.74, 6) is 1.37. The molecule has 0 aliphatic heterocycles. The lowest BCUT2D eigenvalue weighted by Crippen LogP contribution is -1.97. The molecule has 0 saturated carbocycles. The molecular weight excluding hydrogens is 290 g/mol. The van der Waals surface area contributed by atoms with Crippen LogP contribution in [-0.4, -0.2) is 14.5 Å². The molecule has 0 N–H and O–H groups in total. The molecular formula is C18H19N3S. The topological polar surface area (TPSA) is 30.7 Å². The second kappa shape index (κ2) is 6.79. The van der Waals surface area contributed by atoms with E-state index in [2.05, 4.69) is 52.6 Å². The van der Waals surface area contributed by atoms with Crippen LogP contribution in [0.3, 0.4) is 0 Å². The summed E-state index contributed by atoms with van der Waals surface area (Å²) in [6.07, 6.45) is 5.68. The Bertz CT molecular complexity index is 718. The van der Waals surface area contributed by atoms with E-state index < -0.39 is 0 Å². The van der Waals surface area contributed by atoms with Crippen molar-refractivity contribution in [2.24, 2.45) is 0 Å². The van der Waals surface area contributed by atoms with Gasteiger partial charge in [-0.2, -0.15) is 0 Å². The van der Waals surface area contributed by atoms with E-state index in [-0.39, 0.29) is 0 Å². The van der Waals surface area contributed by atoms with Crippen LogP contribution in [-0.2, 0) is 5.75 Å². The smallest absolute Gasteiger partial charge is 0.172 e. The van der Waals surface area contributed by atoms with Crippen LogP contribution in [0.5, 0.6) is 0 Å². The fourth-order valence-electron chi connectivity index (χ4n) is 2.23. The summed E-state index contributed by atoms with van der Waals surface area (Å²) in [5.41, 5.74) is 3.56. The van der Waals surface area contributed by atoms with Gasteiger partial charge in [0.15, 0.2) is 5.16 Å². The van der Waals surface area contributed by atoms with Gasteiger partial charge in [-0.1, -0.05) is 43.8 Å². The molecule has 3 aromatic rings. The van der Waals surface area contributed by atoms with Crippen LogP contribution in [0.4, 0.5) is 0 Å². The largest absolute Gasteiger partial charge is 0.295 e. The summed E-state index contributed by atoms with van der Waals surface area (Å²) in [5, 5.41) is 0.989. The number of aromatic nitrogens is 3. The third-order valence-corrected chi connectivity index (χ3v) is 4.52. The van der Waals surface area contributed by atoms with E-state index in [9.17, 15) is 0 Å². The van der Waals surface area contributed by atoms with Crippen molar-refractivity contribution in [2.75, 3.05) is 0 Å². The molecule has 3 nitrogen and oxygen atoms in total. The monoisotopic (exact) mass is 309 g/mol. The second-order valence-electron chi connectivity index (χ2n) is 5.44. The molecule has 0 aliphatic rings. The summed E-state index contributed by atoms with van der Waals surface area (Å²) in [7, 11) is 0. The summed E-state index contributed by atoms with van der Waals surface area (Å²) in [4.78, 5) is 8.82. The van der Waals surface area contributed by atoms with Gasteiger partial charge in [0.1, 0.15) is 0 Å². The van der Waals surface area contributed by atoms with Crippen LogP contribution < -0.4 is 0 Å². The molecule has 0 amide bonds. The van der Waals surface area contributed by atoms with Gasteiger partial charge in [0.2, 0.25) is 0 Å². The maximum absolute atomic E-state index is 4.46. The molecule has 0 saturated heterocycles. The van der Waals surface area contributed by atoms with Gasteiger partial charge in [-0.3, -0.25) is 9.55 Å². The van der Waals surface area contributed by atoms with Crippen molar-refractivity contribution in [1.82, 2.24) is 14.5 Å². The Hall–Kier alpha value is -2.07. The molecule has 0 atom stereocenters. The van der Waals surface area contributed by atoms with Crippen molar-refractivity contribution in [1.29, 1.82) is 0 Å². The minimum Gasteiger partial charge on any atom is -0.295 e. The van der Waals surface area contributed by atoms with Gasteiger partial charge >= 0.3 is 0 Å². The standard InChI is InChI=1S/C18H19N3S/c1-14(2)15-6-8-17(9-7-15)21-12-11-20-18(21)22-13-16-5-3-4-10-19-16/h3-12,14H,13H2,1-2H3. The van der Waals surface area contributed by atoms with Gasteiger partial charge in [-0.25, -0.2) is 4.98 Å². The Morgan fingerprint density at radius 3 is 2.50 bits per heavy atom. The van der Waals surface area contributed by atoms with Gasteiger partial charge < -0.3 is 0 Å². The van der Waals surface area contributed by atoms with Gasteiger partial charge in [0.05, 0.1) is 5.69 Å². The summed E-state index contributed by atoms with van der Waals surface area (Å²) >= 11 is 1.70. The first-order valence-corrected chi connectivity index (χ1v) is 8.39. The molecule has 0 unspecified atom stereocenters. The van der Waals surface area contributed by atoms with E-state index in [0.717, 1.165) is 22.3 Å². The normalized spacial score (nSPS) is 11.0. The Labute approximate surface area is 135 Å². The van der Waals surface area contributed by atoms with E-state index in [1.165, 1.54) is 5.56 Å². The number of thioether (sulfide) groups is 1. The number of hydrogen-bond donors (Lipinski definition) is 0. The van der Waals surface area contributed by atoms with Crippen molar-refractivity contribution in [3.05, 3.63) is 72.3 Å². The fourth-order valence-corrected chi connectivity index (χ4v) is 3.12. The van der Waals surface area contributed by atoms with Crippen LogP contribution in [0.15, 0.2) is 66.2 Å². The number of pyridine rings is 1. The molecule has 1 aromatic carbocycles. The van der Waals surface area contributed by atoms with E-state index in [0.29, 0.717) is 5.92 Å². The average molecular weight is 309 g/mol. The van der Waals surface area contributed by atoms with Gasteiger partial charge in [-0.15, -0.1) is 0 Å². The molecule has 0 aliphatic carbocycles. The number of rotatable bonds is 5. The summed E-state index contributed by atoms with van der Waals surface area (Å²) < 4.78 is 2.12. The first kappa shape index (κ1) is 14.9. The van der Waals surface area contributed by atoms with Crippen molar-refractivity contribution in [3.8, 4) is 5.69 Å². The molecule has 0 bridgehead atoms. The average Bonchev–Trinajstić information content (AvgIpc) is 3.02. The maximum atomic E-state index is 4.46. The van der Waals surface area contributed by atoms with Crippen LogP contribution in [0.2, 0.25) is 0 Å². The molecule has 22 heavy (non-hydrogen) atoms. The number of nitrogens with zero attached hydrogens (tertiary/aromatic N) is 3. The summed E-state index contributed by atoms with van der Waals surface area (Å²) in [6.45, 7) is 4.42. The highest BCUT2D eigenvalue weighted by Gasteiger charge is 2.07. The molecule has 0 spiro atoms. The van der Waals surface area contributed by atoms with Crippen LogP contribution in [0.1, 0.15) is 31.0 Å². The molecule has 0 fully saturated rings. The zero-order valence-electron chi connectivity index (χ0n) is 12.8. The Morgan fingerprint density at radius 1 is 1.00 bits per heavy atom. The van der Waals surface area contributed by atoms with Crippen molar-refractivity contribution in [3.63, 3.8) is 0 Å². The van der Waals surface area contributed by atoms with Crippen LogP contribution in [0, 0.1) is 0 Å². The zero-order valence-corrected chi connectivity index (χ0v) is 13.6. The molecule has 4 heteroatoms. The quantitative estimate of drug-likeness (QED) is 0.641. The molecule has 112 valence electrons. The van der Waals surface area contributed by atoms with Crippen LogP contribution in [0.25, 0.3) is 5.69 Å². The minimum absolute atomic E-state index is 0.551. The minimum atomic E-state index is 0.551. The van der Waals surface area contributed by atoms with E-state index >= 15 is 0 Å². The molecule has 2 aromatic heterocycles. The number of imidazole rings is 1. The highest BCUT2D eigenvalue weighted by atomic mass is 32.2. The summed E-state index contributed by atoms with van der Waals surface area (Å²) in [6, 6.07) is 14.7. The van der Waals surface area contributed by atoms with Gasteiger partial charge in [0.25, 0.3) is 0 Å². The third-order valence-electron chi connectivity index (χ3n) is 3.52. The molecule has 3 rings (SSSR count). The van der Waals surface area contributed by atoms with Crippen LogP contribution >= 0.6 is 11.8 Å². The lowest BCUT2D eigenvalue weighted by molar-refractivity contribution is 0.858. The Kier molecular flexibility index (Phi) is 4.59. The van der Waals surface area contributed by atoms with E-state index in [1.807, 2.05) is 36.8 Å². The Balaban J connectivity index is 1.77. The highest BCUT2D eigenvalue weighted by molar-refractivity contribution is 7.98. The Morgan fingerprint density at radius 2 is 1.82 bits per heavy atom. The number of hydrogen-bond acceptors (Lipinski definition) is 3. The lowest BCUT2D eigenvalue weighted by atomic mass is 10.0. The van der Waals surface area contributed by atoms with Gasteiger partial charge in [-0.05, 0) is 35.7 Å². The lowest BCUT2D eigenvalue weighted by Gasteiger charge is -2.10. The highest BCUT2D eigenvalue weighted by Crippen LogP contribution is 2.24. The number of benzene rings is 1. The maximum Gasteiger partial charge on any atom is 0.172 e. The van der Waals surface area contributed by atoms with Crippen molar-refractivity contribution >= 4 is 11.8 Å². The van der Waals surface area contributed by atoms with E-state index in [4.69, 9.17) is 0 Å². The predicted molar refractivity (Wildman–Crippen MR) is 91.5 cm³/mol. The van der Waals surface area contributed by atoms with Crippen molar-refractivity contribution in [2.45, 2.75) is 30.7 Å². The predicted octanol–water partition coefficient (Wildman–Crippen LogP) is 4.68. The SMILES string of the molecule is CC(C)c1ccc(-n2ccnc2SCc2ccccn2)cc1. The van der Waals surface area contributed by atoms with Gasteiger partial charge in [0, 0.05) is 30.0 Å². The van der Waals surface area contributed by atoms with E-state index in [1.54, 1.807) is 11.8 Å².